The maximum absolute atomic E-state index is 12.3. The van der Waals surface area contributed by atoms with Crippen molar-refractivity contribution in [3.63, 3.8) is 0 Å². The zero-order chi connectivity index (χ0) is 14.7. The van der Waals surface area contributed by atoms with E-state index < -0.39 is 0 Å². The van der Waals surface area contributed by atoms with Gasteiger partial charge in [-0.1, -0.05) is 50.4 Å². The molecule has 108 valence electrons. The zero-order valence-electron chi connectivity index (χ0n) is 11.9. The summed E-state index contributed by atoms with van der Waals surface area (Å²) in [6, 6.07) is 7.40. The monoisotopic (exact) mass is 293 g/mol. The van der Waals surface area contributed by atoms with Crippen LogP contribution < -0.4 is 5.32 Å². The molecule has 0 aliphatic carbocycles. The van der Waals surface area contributed by atoms with E-state index in [9.17, 15) is 9.59 Å². The van der Waals surface area contributed by atoms with E-state index in [0.717, 1.165) is 18.4 Å². The highest BCUT2D eigenvalue weighted by molar-refractivity contribution is 6.30. The highest BCUT2D eigenvalue weighted by Gasteiger charge is 2.39. The molecule has 0 bridgehead atoms. The van der Waals surface area contributed by atoms with Crippen molar-refractivity contribution in [2.24, 2.45) is 11.8 Å². The standard InChI is InChI=1S/C16H20ClNO2/c1-3-10(4-2)13-9-14(19)18-16(20)15(13)11-6-5-7-12(17)8-11/h5-8,10,13,15H,3-4,9H2,1-2H3,(H,18,19,20). The molecule has 1 aromatic carbocycles. The minimum Gasteiger partial charge on any atom is -0.296 e. The molecule has 0 aromatic heterocycles. The number of benzene rings is 1. The molecule has 1 saturated heterocycles. The van der Waals surface area contributed by atoms with Crippen LogP contribution in [0.15, 0.2) is 24.3 Å². The van der Waals surface area contributed by atoms with Crippen molar-refractivity contribution in [3.05, 3.63) is 34.9 Å². The van der Waals surface area contributed by atoms with Crippen LogP contribution in [0.5, 0.6) is 0 Å². The summed E-state index contributed by atoms with van der Waals surface area (Å²) < 4.78 is 0. The highest BCUT2D eigenvalue weighted by atomic mass is 35.5. The molecule has 1 fully saturated rings. The lowest BCUT2D eigenvalue weighted by Gasteiger charge is -2.35. The highest BCUT2D eigenvalue weighted by Crippen LogP contribution is 2.39. The Kier molecular flexibility index (Phi) is 4.81. The first-order chi connectivity index (χ1) is 9.56. The van der Waals surface area contributed by atoms with Crippen LogP contribution in [0.1, 0.15) is 44.6 Å². The Bertz CT molecular complexity index is 511. The number of rotatable bonds is 4. The Morgan fingerprint density at radius 3 is 2.60 bits per heavy atom. The molecule has 2 rings (SSSR count). The van der Waals surface area contributed by atoms with Crippen LogP contribution in [0.4, 0.5) is 0 Å². The third-order valence-electron chi connectivity index (χ3n) is 4.26. The van der Waals surface area contributed by atoms with Crippen LogP contribution >= 0.6 is 11.6 Å². The number of carbonyl (C=O) groups excluding carboxylic acids is 2. The molecule has 2 atom stereocenters. The van der Waals surface area contributed by atoms with Crippen molar-refractivity contribution >= 4 is 23.4 Å². The van der Waals surface area contributed by atoms with E-state index in [0.29, 0.717) is 17.4 Å². The minimum atomic E-state index is -0.281. The maximum Gasteiger partial charge on any atom is 0.234 e. The van der Waals surface area contributed by atoms with Crippen LogP contribution in [-0.2, 0) is 9.59 Å². The smallest absolute Gasteiger partial charge is 0.234 e. The Labute approximate surface area is 124 Å². The Morgan fingerprint density at radius 2 is 2.00 bits per heavy atom. The Hall–Kier alpha value is -1.35. The third kappa shape index (κ3) is 3.04. The first-order valence-corrected chi connectivity index (χ1v) is 7.53. The van der Waals surface area contributed by atoms with Gasteiger partial charge >= 0.3 is 0 Å². The molecule has 1 N–H and O–H groups in total. The average molecular weight is 294 g/mol. The molecule has 1 heterocycles. The second-order valence-corrected chi connectivity index (χ2v) is 5.83. The summed E-state index contributed by atoms with van der Waals surface area (Å²) >= 11 is 6.04. The minimum absolute atomic E-state index is 0.0599. The Balaban J connectivity index is 2.39. The van der Waals surface area contributed by atoms with E-state index in [1.807, 2.05) is 18.2 Å². The van der Waals surface area contributed by atoms with Crippen LogP contribution in [0.3, 0.4) is 0 Å². The first kappa shape index (κ1) is 15.0. The molecule has 0 radical (unpaired) electrons. The lowest BCUT2D eigenvalue weighted by Crippen LogP contribution is -2.46. The second kappa shape index (κ2) is 6.40. The molecule has 4 heteroatoms. The van der Waals surface area contributed by atoms with Crippen molar-refractivity contribution in [1.82, 2.24) is 5.32 Å². The predicted octanol–water partition coefficient (Wildman–Crippen LogP) is 3.52. The molecular weight excluding hydrogens is 274 g/mol. The van der Waals surface area contributed by atoms with Gasteiger partial charge in [0, 0.05) is 11.4 Å². The van der Waals surface area contributed by atoms with Gasteiger partial charge in [-0.15, -0.1) is 0 Å². The fourth-order valence-corrected chi connectivity index (χ4v) is 3.42. The molecule has 1 aliphatic rings. The lowest BCUT2D eigenvalue weighted by atomic mass is 9.71. The fourth-order valence-electron chi connectivity index (χ4n) is 3.22. The quantitative estimate of drug-likeness (QED) is 0.863. The van der Waals surface area contributed by atoms with E-state index >= 15 is 0 Å². The second-order valence-electron chi connectivity index (χ2n) is 5.39. The van der Waals surface area contributed by atoms with Crippen molar-refractivity contribution < 1.29 is 9.59 Å². The summed E-state index contributed by atoms with van der Waals surface area (Å²) in [4.78, 5) is 24.0. The Morgan fingerprint density at radius 1 is 1.30 bits per heavy atom. The number of piperidine rings is 1. The topological polar surface area (TPSA) is 46.2 Å². The van der Waals surface area contributed by atoms with Gasteiger partial charge in [0.2, 0.25) is 11.8 Å². The average Bonchev–Trinajstić information content (AvgIpc) is 2.39. The van der Waals surface area contributed by atoms with Crippen molar-refractivity contribution in [1.29, 1.82) is 0 Å². The van der Waals surface area contributed by atoms with E-state index in [-0.39, 0.29) is 23.7 Å². The number of nitrogens with one attached hydrogen (secondary N) is 1. The summed E-state index contributed by atoms with van der Waals surface area (Å²) in [6.45, 7) is 4.22. The van der Waals surface area contributed by atoms with Gasteiger partial charge in [-0.25, -0.2) is 0 Å². The number of hydrogen-bond acceptors (Lipinski definition) is 2. The van der Waals surface area contributed by atoms with E-state index in [2.05, 4.69) is 19.2 Å². The van der Waals surface area contributed by atoms with Crippen LogP contribution in [0.2, 0.25) is 5.02 Å². The molecule has 2 amide bonds. The lowest BCUT2D eigenvalue weighted by molar-refractivity contribution is -0.137. The summed E-state index contributed by atoms with van der Waals surface area (Å²) in [7, 11) is 0. The zero-order valence-corrected chi connectivity index (χ0v) is 12.6. The van der Waals surface area contributed by atoms with Crippen molar-refractivity contribution in [3.8, 4) is 0 Å². The van der Waals surface area contributed by atoms with Gasteiger partial charge in [0.15, 0.2) is 0 Å². The first-order valence-electron chi connectivity index (χ1n) is 7.16. The maximum atomic E-state index is 12.3. The van der Waals surface area contributed by atoms with Gasteiger partial charge in [-0.2, -0.15) is 0 Å². The van der Waals surface area contributed by atoms with Crippen LogP contribution in [0, 0.1) is 11.8 Å². The predicted molar refractivity (Wildman–Crippen MR) is 79.5 cm³/mol. The van der Waals surface area contributed by atoms with Crippen molar-refractivity contribution in [2.45, 2.75) is 39.0 Å². The van der Waals surface area contributed by atoms with Crippen LogP contribution in [0.25, 0.3) is 0 Å². The van der Waals surface area contributed by atoms with Gasteiger partial charge in [0.1, 0.15) is 0 Å². The number of amides is 2. The molecule has 2 unspecified atom stereocenters. The number of carbonyl (C=O) groups is 2. The largest absolute Gasteiger partial charge is 0.296 e. The van der Waals surface area contributed by atoms with Gasteiger partial charge in [-0.05, 0) is 29.5 Å². The number of hydrogen-bond donors (Lipinski definition) is 1. The molecule has 1 aromatic rings. The van der Waals surface area contributed by atoms with E-state index in [1.54, 1.807) is 6.07 Å². The summed E-state index contributed by atoms with van der Waals surface area (Å²) in [5.41, 5.74) is 0.902. The molecule has 0 saturated carbocycles. The molecule has 1 aliphatic heterocycles. The van der Waals surface area contributed by atoms with Gasteiger partial charge < -0.3 is 0 Å². The van der Waals surface area contributed by atoms with Gasteiger partial charge in [-0.3, -0.25) is 14.9 Å². The van der Waals surface area contributed by atoms with Gasteiger partial charge in [0.05, 0.1) is 5.92 Å². The summed E-state index contributed by atoms with van der Waals surface area (Å²) in [6.07, 6.45) is 2.35. The molecule has 3 nitrogen and oxygen atoms in total. The molecular formula is C16H20ClNO2. The van der Waals surface area contributed by atoms with E-state index in [4.69, 9.17) is 11.6 Å². The third-order valence-corrected chi connectivity index (χ3v) is 4.49. The SMILES string of the molecule is CCC(CC)C1CC(=O)NC(=O)C1c1cccc(Cl)c1. The summed E-state index contributed by atoms with van der Waals surface area (Å²) in [5, 5.41) is 3.08. The number of imide groups is 1. The molecule has 20 heavy (non-hydrogen) atoms. The summed E-state index contributed by atoms with van der Waals surface area (Å²) in [5.74, 6) is -0.208. The number of halogens is 1. The fraction of sp³-hybridized carbons (Fsp3) is 0.500. The van der Waals surface area contributed by atoms with Gasteiger partial charge in [0.25, 0.3) is 0 Å². The molecule has 0 spiro atoms. The van der Waals surface area contributed by atoms with E-state index in [1.165, 1.54) is 0 Å². The van der Waals surface area contributed by atoms with Crippen LogP contribution in [-0.4, -0.2) is 11.8 Å². The van der Waals surface area contributed by atoms with Crippen molar-refractivity contribution in [2.75, 3.05) is 0 Å². The normalized spacial score (nSPS) is 23.0.